The maximum Gasteiger partial charge on any atom is 0.387 e. The Morgan fingerprint density at radius 2 is 1.81 bits per heavy atom. The molecular formula is C23H21F3N4O. The summed E-state index contributed by atoms with van der Waals surface area (Å²) >= 11 is 0. The molecule has 0 saturated carbocycles. The molecule has 0 aliphatic heterocycles. The first-order chi connectivity index (χ1) is 14.8. The smallest absolute Gasteiger partial charge is 0.387 e. The molecule has 0 unspecified atom stereocenters. The number of para-hydroxylation sites is 1. The summed E-state index contributed by atoms with van der Waals surface area (Å²) in [7, 11) is 0. The van der Waals surface area contributed by atoms with Crippen LogP contribution in [-0.4, -0.2) is 26.0 Å². The number of aromatic nitrogens is 4. The van der Waals surface area contributed by atoms with Crippen LogP contribution in [0.2, 0.25) is 0 Å². The summed E-state index contributed by atoms with van der Waals surface area (Å²) in [5, 5.41) is 0. The van der Waals surface area contributed by atoms with Crippen molar-refractivity contribution >= 4 is 5.65 Å². The minimum absolute atomic E-state index is 0.104. The fraction of sp³-hybridized carbons (Fsp3) is 0.261. The van der Waals surface area contributed by atoms with Gasteiger partial charge >= 0.3 is 6.61 Å². The van der Waals surface area contributed by atoms with Gasteiger partial charge in [0.2, 0.25) is 0 Å². The molecule has 4 aromatic rings. The zero-order valence-electron chi connectivity index (χ0n) is 17.3. The molecule has 0 aliphatic rings. The van der Waals surface area contributed by atoms with Gasteiger partial charge in [0.05, 0.1) is 5.69 Å². The summed E-state index contributed by atoms with van der Waals surface area (Å²) in [6, 6.07) is 7.96. The standard InChI is InChI=1S/C23H21F3N4O/c1-13(2)22-27-10-16(11-28-22)17-12-30-19(14(3)29-21(30)9-18(17)24)8-15-6-4-5-7-20(15)31-23(25)26/h4-7,9-13,23H,8H2,1-3H3. The lowest BCUT2D eigenvalue weighted by atomic mass is 10.1. The average molecular weight is 426 g/mol. The number of alkyl halides is 2. The molecule has 0 amide bonds. The monoisotopic (exact) mass is 426 g/mol. The first-order valence-electron chi connectivity index (χ1n) is 9.85. The van der Waals surface area contributed by atoms with Gasteiger partial charge in [-0.05, 0) is 13.0 Å². The third-order valence-electron chi connectivity index (χ3n) is 5.05. The van der Waals surface area contributed by atoms with Crippen molar-refractivity contribution in [3.8, 4) is 16.9 Å². The molecule has 160 valence electrons. The Morgan fingerprint density at radius 1 is 1.10 bits per heavy atom. The summed E-state index contributed by atoms with van der Waals surface area (Å²) in [6.07, 6.45) is 5.14. The number of ether oxygens (including phenoxy) is 1. The molecule has 5 nitrogen and oxygen atoms in total. The maximum absolute atomic E-state index is 14.8. The highest BCUT2D eigenvalue weighted by Crippen LogP contribution is 2.28. The van der Waals surface area contributed by atoms with Crippen LogP contribution in [0.15, 0.2) is 48.9 Å². The number of nitrogens with zero attached hydrogens (tertiary/aromatic N) is 4. The van der Waals surface area contributed by atoms with Gasteiger partial charge in [-0.1, -0.05) is 32.0 Å². The van der Waals surface area contributed by atoms with Crippen molar-refractivity contribution in [2.45, 2.75) is 39.7 Å². The summed E-state index contributed by atoms with van der Waals surface area (Å²) in [4.78, 5) is 13.1. The van der Waals surface area contributed by atoms with E-state index in [4.69, 9.17) is 0 Å². The van der Waals surface area contributed by atoms with Gasteiger partial charge in [0.1, 0.15) is 23.0 Å². The van der Waals surface area contributed by atoms with Gasteiger partial charge in [-0.25, -0.2) is 19.3 Å². The SMILES string of the molecule is Cc1nc2cc(F)c(-c3cnc(C(C)C)nc3)cn2c1Cc1ccccc1OC(F)F. The molecule has 3 aromatic heterocycles. The molecule has 0 fully saturated rings. The number of rotatable bonds is 6. The van der Waals surface area contributed by atoms with Gasteiger partial charge in [0.25, 0.3) is 0 Å². The highest BCUT2D eigenvalue weighted by molar-refractivity contribution is 5.64. The normalized spacial score (nSPS) is 11.6. The van der Waals surface area contributed by atoms with E-state index in [-0.39, 0.29) is 11.7 Å². The molecule has 8 heteroatoms. The van der Waals surface area contributed by atoms with E-state index in [0.717, 1.165) is 5.69 Å². The van der Waals surface area contributed by atoms with Gasteiger partial charge in [-0.2, -0.15) is 8.78 Å². The van der Waals surface area contributed by atoms with Crippen molar-refractivity contribution < 1.29 is 17.9 Å². The van der Waals surface area contributed by atoms with Crippen molar-refractivity contribution in [2.75, 3.05) is 0 Å². The number of halogens is 3. The Bertz CT molecular complexity index is 1220. The second-order valence-electron chi connectivity index (χ2n) is 7.55. The predicted molar refractivity (Wildman–Crippen MR) is 111 cm³/mol. The maximum atomic E-state index is 14.8. The summed E-state index contributed by atoms with van der Waals surface area (Å²) < 4.78 is 46.8. The van der Waals surface area contributed by atoms with E-state index in [1.165, 1.54) is 12.1 Å². The van der Waals surface area contributed by atoms with Gasteiger partial charge in [0, 0.05) is 59.4 Å². The van der Waals surface area contributed by atoms with Crippen LogP contribution in [0.1, 0.15) is 42.5 Å². The second kappa shape index (κ2) is 8.37. The number of imidazole rings is 1. The van der Waals surface area contributed by atoms with E-state index in [1.54, 1.807) is 48.1 Å². The molecule has 0 atom stereocenters. The largest absolute Gasteiger partial charge is 0.435 e. The van der Waals surface area contributed by atoms with Crippen LogP contribution in [0, 0.1) is 12.7 Å². The minimum Gasteiger partial charge on any atom is -0.435 e. The van der Waals surface area contributed by atoms with Crippen LogP contribution in [0.25, 0.3) is 16.8 Å². The summed E-state index contributed by atoms with van der Waals surface area (Å²) in [6.45, 7) is 2.85. The molecule has 1 aromatic carbocycles. The fourth-order valence-electron chi connectivity index (χ4n) is 3.47. The van der Waals surface area contributed by atoms with Crippen LogP contribution in [0.4, 0.5) is 13.2 Å². The highest BCUT2D eigenvalue weighted by Gasteiger charge is 2.17. The highest BCUT2D eigenvalue weighted by atomic mass is 19.3. The fourth-order valence-corrected chi connectivity index (χ4v) is 3.47. The van der Waals surface area contributed by atoms with E-state index >= 15 is 0 Å². The number of hydrogen-bond acceptors (Lipinski definition) is 4. The van der Waals surface area contributed by atoms with E-state index in [1.807, 2.05) is 13.8 Å². The summed E-state index contributed by atoms with van der Waals surface area (Å²) in [5.41, 5.74) is 3.32. The molecule has 0 bridgehead atoms. The molecule has 0 saturated heterocycles. The lowest BCUT2D eigenvalue weighted by Gasteiger charge is -2.12. The van der Waals surface area contributed by atoms with Crippen molar-refractivity contribution in [3.05, 3.63) is 77.5 Å². The van der Waals surface area contributed by atoms with Crippen LogP contribution in [-0.2, 0) is 6.42 Å². The molecule has 0 radical (unpaired) electrons. The van der Waals surface area contributed by atoms with E-state index in [0.29, 0.717) is 40.3 Å². The van der Waals surface area contributed by atoms with Crippen LogP contribution in [0.5, 0.6) is 5.75 Å². The Hall–Kier alpha value is -3.42. The zero-order valence-corrected chi connectivity index (χ0v) is 17.3. The zero-order chi connectivity index (χ0) is 22.1. The molecule has 0 aliphatic carbocycles. The number of hydrogen-bond donors (Lipinski definition) is 0. The topological polar surface area (TPSA) is 52.3 Å². The van der Waals surface area contributed by atoms with Crippen LogP contribution < -0.4 is 4.74 Å². The molecular weight excluding hydrogens is 405 g/mol. The number of fused-ring (bicyclic) bond motifs is 1. The Kier molecular flexibility index (Phi) is 5.63. The van der Waals surface area contributed by atoms with Gasteiger partial charge in [0.15, 0.2) is 0 Å². The van der Waals surface area contributed by atoms with Crippen molar-refractivity contribution in [1.29, 1.82) is 0 Å². The number of benzene rings is 1. The van der Waals surface area contributed by atoms with E-state index < -0.39 is 12.4 Å². The third kappa shape index (κ3) is 4.23. The van der Waals surface area contributed by atoms with Crippen molar-refractivity contribution in [3.63, 3.8) is 0 Å². The molecule has 4 rings (SSSR count). The minimum atomic E-state index is -2.92. The van der Waals surface area contributed by atoms with E-state index in [2.05, 4.69) is 19.7 Å². The second-order valence-corrected chi connectivity index (χ2v) is 7.55. The number of aryl methyl sites for hydroxylation is 1. The lowest BCUT2D eigenvalue weighted by Crippen LogP contribution is -2.06. The Morgan fingerprint density at radius 3 is 2.48 bits per heavy atom. The van der Waals surface area contributed by atoms with Crippen LogP contribution >= 0.6 is 0 Å². The molecule has 3 heterocycles. The van der Waals surface area contributed by atoms with Crippen molar-refractivity contribution in [2.24, 2.45) is 0 Å². The van der Waals surface area contributed by atoms with Gasteiger partial charge in [-0.15, -0.1) is 0 Å². The summed E-state index contributed by atoms with van der Waals surface area (Å²) in [5.74, 6) is 0.512. The third-order valence-corrected chi connectivity index (χ3v) is 5.05. The molecule has 31 heavy (non-hydrogen) atoms. The molecule has 0 spiro atoms. The Balaban J connectivity index is 1.77. The number of pyridine rings is 1. The molecule has 0 N–H and O–H groups in total. The van der Waals surface area contributed by atoms with Gasteiger partial charge < -0.3 is 9.14 Å². The van der Waals surface area contributed by atoms with Crippen molar-refractivity contribution in [1.82, 2.24) is 19.4 Å². The average Bonchev–Trinajstić information content (AvgIpc) is 3.02. The predicted octanol–water partition coefficient (Wildman–Crippen LogP) is 5.55. The van der Waals surface area contributed by atoms with Gasteiger partial charge in [-0.3, -0.25) is 0 Å². The van der Waals surface area contributed by atoms with Crippen LogP contribution in [0.3, 0.4) is 0 Å². The Labute approximate surface area is 177 Å². The lowest BCUT2D eigenvalue weighted by molar-refractivity contribution is -0.0503. The first kappa shape index (κ1) is 20.8. The van der Waals surface area contributed by atoms with E-state index in [9.17, 15) is 13.2 Å². The quantitative estimate of drug-likeness (QED) is 0.405. The first-order valence-corrected chi connectivity index (χ1v) is 9.85.